The van der Waals surface area contributed by atoms with Gasteiger partial charge in [0, 0.05) is 12.4 Å². The molecule has 2 aromatic carbocycles. The second-order valence-corrected chi connectivity index (χ2v) is 7.14. The monoisotopic (exact) mass is 420 g/mol. The molecule has 0 N–H and O–H groups in total. The second-order valence-electron chi connectivity index (χ2n) is 7.14. The number of hydrogen-bond donors (Lipinski definition) is 0. The van der Waals surface area contributed by atoms with Crippen LogP contribution in [0.5, 0.6) is 11.5 Å². The molecule has 0 aliphatic heterocycles. The Bertz CT molecular complexity index is 1330. The number of esters is 1. The average Bonchev–Trinajstić information content (AvgIpc) is 3.09. The van der Waals surface area contributed by atoms with Gasteiger partial charge in [-0.1, -0.05) is 30.3 Å². The number of rotatable bonds is 6. The van der Waals surface area contributed by atoms with Gasteiger partial charge in [0.25, 0.3) is 5.56 Å². The van der Waals surface area contributed by atoms with Gasteiger partial charge in [0.15, 0.2) is 11.4 Å². The van der Waals surface area contributed by atoms with E-state index in [-0.39, 0.29) is 23.6 Å². The first-order valence-corrected chi connectivity index (χ1v) is 9.99. The normalized spacial score (nSPS) is 11.1. The number of fused-ring (bicyclic) bond motifs is 3. The summed E-state index contributed by atoms with van der Waals surface area (Å²) in [6.07, 6.45) is 0. The molecule has 0 saturated carbocycles. The van der Waals surface area contributed by atoms with Gasteiger partial charge >= 0.3 is 5.97 Å². The number of carbonyl (C=O) groups is 1. The molecule has 0 aliphatic rings. The molecule has 0 radical (unpaired) electrons. The Labute approximate surface area is 179 Å². The molecule has 0 fully saturated rings. The first kappa shape index (κ1) is 20.5. The average molecular weight is 420 g/mol. The van der Waals surface area contributed by atoms with Gasteiger partial charge in [-0.3, -0.25) is 4.79 Å². The minimum Gasteiger partial charge on any atom is -0.497 e. The Hall–Kier alpha value is -3.74. The summed E-state index contributed by atoms with van der Waals surface area (Å²) in [5, 5.41) is 1.21. The van der Waals surface area contributed by atoms with Gasteiger partial charge in [-0.2, -0.15) is 0 Å². The van der Waals surface area contributed by atoms with Crippen molar-refractivity contribution < 1.29 is 19.0 Å². The summed E-state index contributed by atoms with van der Waals surface area (Å²) in [5.74, 6) is 0.457. The number of carbonyl (C=O) groups excluding carboxylic acids is 1. The van der Waals surface area contributed by atoms with Crippen molar-refractivity contribution in [3.05, 3.63) is 70.1 Å². The van der Waals surface area contributed by atoms with E-state index in [1.165, 1.54) is 7.11 Å². The van der Waals surface area contributed by atoms with E-state index in [4.69, 9.17) is 14.2 Å². The Morgan fingerprint density at radius 3 is 2.35 bits per heavy atom. The molecule has 7 nitrogen and oxygen atoms in total. The quantitative estimate of drug-likeness (QED) is 0.445. The maximum atomic E-state index is 13.7. The van der Waals surface area contributed by atoms with Crippen molar-refractivity contribution in [2.45, 2.75) is 13.5 Å². The van der Waals surface area contributed by atoms with Gasteiger partial charge in [-0.25, -0.2) is 4.79 Å². The molecule has 4 aromatic rings. The second kappa shape index (κ2) is 8.18. The number of pyridine rings is 1. The lowest BCUT2D eigenvalue weighted by Gasteiger charge is -2.13. The molecule has 0 aliphatic carbocycles. The first-order valence-electron chi connectivity index (χ1n) is 9.99. The molecule has 2 aromatic heterocycles. The van der Waals surface area contributed by atoms with Crippen molar-refractivity contribution in [3.63, 3.8) is 0 Å². The van der Waals surface area contributed by atoms with E-state index >= 15 is 0 Å². The fourth-order valence-corrected chi connectivity index (χ4v) is 4.02. The van der Waals surface area contributed by atoms with Gasteiger partial charge in [-0.05, 0) is 30.7 Å². The molecule has 0 unspecified atom stereocenters. The summed E-state index contributed by atoms with van der Waals surface area (Å²) < 4.78 is 19.4. The van der Waals surface area contributed by atoms with E-state index in [1.54, 1.807) is 30.2 Å². The van der Waals surface area contributed by atoms with E-state index in [2.05, 4.69) is 0 Å². The number of aromatic nitrogens is 2. The molecule has 0 atom stereocenters. The lowest BCUT2D eigenvalue weighted by atomic mass is 10.1. The van der Waals surface area contributed by atoms with Crippen LogP contribution in [0.2, 0.25) is 0 Å². The molecular formula is C24H24N2O5. The van der Waals surface area contributed by atoms with Gasteiger partial charge in [-0.15, -0.1) is 0 Å². The molecule has 0 amide bonds. The van der Waals surface area contributed by atoms with Crippen LogP contribution in [-0.2, 0) is 18.3 Å². The number of ether oxygens (including phenoxy) is 3. The molecule has 0 saturated heterocycles. The van der Waals surface area contributed by atoms with Crippen LogP contribution in [-0.4, -0.2) is 35.9 Å². The van der Waals surface area contributed by atoms with Crippen LogP contribution in [0.1, 0.15) is 23.0 Å². The van der Waals surface area contributed by atoms with Crippen molar-refractivity contribution in [1.82, 2.24) is 9.13 Å². The number of nitrogens with zero attached hydrogens (tertiary/aromatic N) is 2. The van der Waals surface area contributed by atoms with Crippen LogP contribution < -0.4 is 15.0 Å². The lowest BCUT2D eigenvalue weighted by Crippen LogP contribution is -2.21. The van der Waals surface area contributed by atoms with E-state index in [0.29, 0.717) is 17.4 Å². The Kier molecular flexibility index (Phi) is 5.42. The Morgan fingerprint density at radius 2 is 1.71 bits per heavy atom. The highest BCUT2D eigenvalue weighted by atomic mass is 16.5. The van der Waals surface area contributed by atoms with Crippen molar-refractivity contribution in [1.29, 1.82) is 0 Å². The third-order valence-electron chi connectivity index (χ3n) is 5.43. The summed E-state index contributed by atoms with van der Waals surface area (Å²) in [7, 11) is 4.82. The minimum absolute atomic E-state index is 0.226. The van der Waals surface area contributed by atoms with Gasteiger partial charge in [0.1, 0.15) is 11.1 Å². The Morgan fingerprint density at radius 1 is 1.00 bits per heavy atom. The Balaban J connectivity index is 2.04. The molecular weight excluding hydrogens is 396 g/mol. The predicted octanol–water partition coefficient (Wildman–Crippen LogP) is 3.74. The summed E-state index contributed by atoms with van der Waals surface area (Å²) in [5.41, 5.74) is 2.37. The third kappa shape index (κ3) is 3.32. The van der Waals surface area contributed by atoms with Gasteiger partial charge in [0.2, 0.25) is 0 Å². The van der Waals surface area contributed by atoms with Crippen molar-refractivity contribution in [2.24, 2.45) is 7.05 Å². The maximum absolute atomic E-state index is 13.7. The molecule has 4 rings (SSSR count). The highest BCUT2D eigenvalue weighted by molar-refractivity contribution is 6.11. The number of hydrogen-bond acceptors (Lipinski definition) is 5. The standard InChI is InChI=1S/C24H24N2O5/c1-5-31-24(28)21-22(30-4)19-20(25(21)2)17-8-6-7-9-18(17)26(23(19)27)14-15-10-12-16(29-3)13-11-15/h6-13H,5,14H2,1-4H3. The van der Waals surface area contributed by atoms with Crippen LogP contribution in [0.15, 0.2) is 53.3 Å². The molecule has 160 valence electrons. The van der Waals surface area contributed by atoms with Crippen LogP contribution in [0, 0.1) is 0 Å². The van der Waals surface area contributed by atoms with E-state index in [0.717, 1.165) is 22.2 Å². The first-order chi connectivity index (χ1) is 15.0. The van der Waals surface area contributed by atoms with E-state index in [1.807, 2.05) is 48.5 Å². The molecule has 0 spiro atoms. The fraction of sp³-hybridized carbons (Fsp3) is 0.250. The van der Waals surface area contributed by atoms with Gasteiger partial charge in [0.05, 0.1) is 38.4 Å². The molecule has 31 heavy (non-hydrogen) atoms. The minimum atomic E-state index is -0.525. The van der Waals surface area contributed by atoms with Crippen LogP contribution in [0.25, 0.3) is 21.8 Å². The third-order valence-corrected chi connectivity index (χ3v) is 5.43. The van der Waals surface area contributed by atoms with Crippen molar-refractivity contribution in [2.75, 3.05) is 20.8 Å². The lowest BCUT2D eigenvalue weighted by molar-refractivity contribution is 0.0512. The van der Waals surface area contributed by atoms with Crippen molar-refractivity contribution >= 4 is 27.8 Å². The maximum Gasteiger partial charge on any atom is 0.358 e. The van der Waals surface area contributed by atoms with Crippen LogP contribution >= 0.6 is 0 Å². The summed E-state index contributed by atoms with van der Waals surface area (Å²) in [4.78, 5) is 26.3. The summed E-state index contributed by atoms with van der Waals surface area (Å²) in [6, 6.07) is 15.2. The number of aryl methyl sites for hydroxylation is 1. The summed E-state index contributed by atoms with van der Waals surface area (Å²) >= 11 is 0. The smallest absolute Gasteiger partial charge is 0.358 e. The zero-order chi connectivity index (χ0) is 22.1. The number of benzene rings is 2. The van der Waals surface area contributed by atoms with Crippen LogP contribution in [0.4, 0.5) is 0 Å². The fourth-order valence-electron chi connectivity index (χ4n) is 4.02. The number of para-hydroxylation sites is 1. The van der Waals surface area contributed by atoms with Crippen LogP contribution in [0.3, 0.4) is 0 Å². The zero-order valence-electron chi connectivity index (χ0n) is 18.0. The van der Waals surface area contributed by atoms with E-state index < -0.39 is 5.97 Å². The highest BCUT2D eigenvalue weighted by Crippen LogP contribution is 2.35. The van der Waals surface area contributed by atoms with E-state index in [9.17, 15) is 9.59 Å². The molecule has 2 heterocycles. The predicted molar refractivity (Wildman–Crippen MR) is 119 cm³/mol. The van der Waals surface area contributed by atoms with Crippen molar-refractivity contribution in [3.8, 4) is 11.5 Å². The molecule has 7 heteroatoms. The van der Waals surface area contributed by atoms with Gasteiger partial charge < -0.3 is 23.3 Å². The zero-order valence-corrected chi connectivity index (χ0v) is 18.0. The largest absolute Gasteiger partial charge is 0.497 e. The SMILES string of the molecule is CCOC(=O)c1c(OC)c2c(=O)n(Cc3ccc(OC)cc3)c3ccccc3c2n1C. The highest BCUT2D eigenvalue weighted by Gasteiger charge is 2.28. The number of methoxy groups -OCH3 is 2. The molecule has 0 bridgehead atoms. The topological polar surface area (TPSA) is 71.7 Å². The summed E-state index contributed by atoms with van der Waals surface area (Å²) in [6.45, 7) is 2.34.